The summed E-state index contributed by atoms with van der Waals surface area (Å²) in [6.07, 6.45) is 0. The quantitative estimate of drug-likeness (QED) is 0.379. The first-order chi connectivity index (χ1) is 13.6. The van der Waals surface area contributed by atoms with E-state index in [0.29, 0.717) is 0 Å². The molecule has 0 radical (unpaired) electrons. The van der Waals surface area contributed by atoms with Crippen LogP contribution in [0.1, 0.15) is 16.7 Å². The minimum Gasteiger partial charge on any atom is -0.0587 e. The molecule has 0 nitrogen and oxygen atoms in total. The standard InChI is InChI=1S/C27H25P/c1-20-4-10-23(11-5-20)24-12-18-27(19-13-24)28(25-14-6-21(2)7-15-25)26-16-8-22(3)9-17-26/h4-19H,1-3H3. The summed E-state index contributed by atoms with van der Waals surface area (Å²) < 4.78 is 0. The van der Waals surface area contributed by atoms with E-state index in [1.54, 1.807) is 0 Å². The Morgan fingerprint density at radius 3 is 0.964 bits per heavy atom. The predicted octanol–water partition coefficient (Wildman–Crippen LogP) is 6.04. The van der Waals surface area contributed by atoms with Gasteiger partial charge in [-0.15, -0.1) is 0 Å². The van der Waals surface area contributed by atoms with E-state index in [1.165, 1.54) is 43.7 Å². The number of benzene rings is 4. The Hall–Kier alpha value is -2.69. The van der Waals surface area contributed by atoms with Crippen LogP contribution in [0.4, 0.5) is 0 Å². The van der Waals surface area contributed by atoms with Crippen LogP contribution in [0.3, 0.4) is 0 Å². The lowest BCUT2D eigenvalue weighted by Gasteiger charge is -2.20. The molecule has 0 atom stereocenters. The summed E-state index contributed by atoms with van der Waals surface area (Å²) in [5.41, 5.74) is 6.44. The predicted molar refractivity (Wildman–Crippen MR) is 125 cm³/mol. The second-order valence-corrected chi connectivity index (χ2v) is 9.64. The van der Waals surface area contributed by atoms with Gasteiger partial charge in [-0.25, -0.2) is 0 Å². The van der Waals surface area contributed by atoms with E-state index in [4.69, 9.17) is 0 Å². The van der Waals surface area contributed by atoms with Crippen molar-refractivity contribution in [3.8, 4) is 11.1 Å². The lowest BCUT2D eigenvalue weighted by Crippen LogP contribution is -2.20. The zero-order valence-electron chi connectivity index (χ0n) is 16.7. The summed E-state index contributed by atoms with van der Waals surface area (Å²) in [6.45, 7) is 6.42. The molecule has 28 heavy (non-hydrogen) atoms. The fraction of sp³-hybridized carbons (Fsp3) is 0.111. The molecular weight excluding hydrogens is 355 g/mol. The Morgan fingerprint density at radius 2 is 0.607 bits per heavy atom. The molecule has 0 amide bonds. The zero-order valence-corrected chi connectivity index (χ0v) is 17.6. The fourth-order valence-electron chi connectivity index (χ4n) is 3.38. The summed E-state index contributed by atoms with van der Waals surface area (Å²) in [5, 5.41) is 4.18. The van der Waals surface area contributed by atoms with Crippen LogP contribution in [0.25, 0.3) is 11.1 Å². The minimum absolute atomic E-state index is 0.557. The number of aryl methyl sites for hydroxylation is 3. The highest BCUT2D eigenvalue weighted by molar-refractivity contribution is 7.79. The number of hydrogen-bond acceptors (Lipinski definition) is 0. The van der Waals surface area contributed by atoms with Crippen molar-refractivity contribution in [1.29, 1.82) is 0 Å². The second kappa shape index (κ2) is 8.13. The van der Waals surface area contributed by atoms with Crippen molar-refractivity contribution in [2.45, 2.75) is 20.8 Å². The molecule has 0 aromatic heterocycles. The molecule has 4 aromatic carbocycles. The van der Waals surface area contributed by atoms with E-state index in [2.05, 4.69) is 118 Å². The third kappa shape index (κ3) is 4.08. The van der Waals surface area contributed by atoms with Crippen LogP contribution in [0.15, 0.2) is 97.1 Å². The summed E-state index contributed by atoms with van der Waals surface area (Å²) >= 11 is 0. The number of rotatable bonds is 4. The van der Waals surface area contributed by atoms with Gasteiger partial charge in [0.05, 0.1) is 0 Å². The second-order valence-electron chi connectivity index (χ2n) is 7.42. The summed E-state index contributed by atoms with van der Waals surface area (Å²) in [6, 6.07) is 35.9. The van der Waals surface area contributed by atoms with Crippen molar-refractivity contribution in [3.05, 3.63) is 114 Å². The Labute approximate surface area is 169 Å². The van der Waals surface area contributed by atoms with Crippen LogP contribution in [0, 0.1) is 20.8 Å². The van der Waals surface area contributed by atoms with Crippen molar-refractivity contribution in [2.24, 2.45) is 0 Å². The Morgan fingerprint density at radius 1 is 0.357 bits per heavy atom. The maximum atomic E-state index is 2.31. The highest BCUT2D eigenvalue weighted by Crippen LogP contribution is 2.33. The number of hydrogen-bond donors (Lipinski definition) is 0. The van der Waals surface area contributed by atoms with Gasteiger partial charge in [-0.3, -0.25) is 0 Å². The van der Waals surface area contributed by atoms with Gasteiger partial charge in [-0.2, -0.15) is 0 Å². The molecule has 0 aliphatic heterocycles. The SMILES string of the molecule is Cc1ccc(-c2ccc(P(c3ccc(C)cc3)c3ccc(C)cc3)cc2)cc1. The Kier molecular flexibility index (Phi) is 5.42. The van der Waals surface area contributed by atoms with Crippen molar-refractivity contribution >= 4 is 23.8 Å². The van der Waals surface area contributed by atoms with Crippen LogP contribution in [-0.2, 0) is 0 Å². The fourth-order valence-corrected chi connectivity index (χ4v) is 5.62. The zero-order chi connectivity index (χ0) is 19.5. The molecule has 0 saturated carbocycles. The van der Waals surface area contributed by atoms with Crippen LogP contribution >= 0.6 is 7.92 Å². The van der Waals surface area contributed by atoms with Crippen LogP contribution in [0.2, 0.25) is 0 Å². The Bertz CT molecular complexity index is 996. The average Bonchev–Trinajstić information content (AvgIpc) is 2.72. The van der Waals surface area contributed by atoms with Gasteiger partial charge in [-0.05, 0) is 55.7 Å². The van der Waals surface area contributed by atoms with Gasteiger partial charge in [0.15, 0.2) is 0 Å². The van der Waals surface area contributed by atoms with Crippen molar-refractivity contribution < 1.29 is 0 Å². The highest BCUT2D eigenvalue weighted by Gasteiger charge is 2.16. The van der Waals surface area contributed by atoms with Crippen LogP contribution in [-0.4, -0.2) is 0 Å². The average molecular weight is 380 g/mol. The van der Waals surface area contributed by atoms with Gasteiger partial charge in [0.2, 0.25) is 0 Å². The van der Waals surface area contributed by atoms with Crippen molar-refractivity contribution in [3.63, 3.8) is 0 Å². The molecule has 0 bridgehead atoms. The first kappa shape index (κ1) is 18.7. The van der Waals surface area contributed by atoms with Gasteiger partial charge in [0.25, 0.3) is 0 Å². The summed E-state index contributed by atoms with van der Waals surface area (Å²) in [7, 11) is -0.557. The molecule has 0 spiro atoms. The molecule has 0 N–H and O–H groups in total. The van der Waals surface area contributed by atoms with E-state index in [9.17, 15) is 0 Å². The lowest BCUT2D eigenvalue weighted by atomic mass is 10.0. The maximum Gasteiger partial charge on any atom is -0.0134 e. The normalized spacial score (nSPS) is 11.0. The Balaban J connectivity index is 1.74. The van der Waals surface area contributed by atoms with E-state index < -0.39 is 7.92 Å². The first-order valence-corrected chi connectivity index (χ1v) is 11.0. The molecule has 138 valence electrons. The largest absolute Gasteiger partial charge is 0.0587 e. The van der Waals surface area contributed by atoms with Crippen molar-refractivity contribution in [1.82, 2.24) is 0 Å². The topological polar surface area (TPSA) is 0 Å². The minimum atomic E-state index is -0.557. The van der Waals surface area contributed by atoms with Crippen LogP contribution in [0.5, 0.6) is 0 Å². The lowest BCUT2D eigenvalue weighted by molar-refractivity contribution is 1.47. The molecule has 0 aliphatic rings. The monoisotopic (exact) mass is 380 g/mol. The maximum absolute atomic E-state index is 2.31. The van der Waals surface area contributed by atoms with Gasteiger partial charge < -0.3 is 0 Å². The molecule has 0 heterocycles. The summed E-state index contributed by atoms with van der Waals surface area (Å²) in [4.78, 5) is 0. The van der Waals surface area contributed by atoms with Gasteiger partial charge in [0, 0.05) is 0 Å². The molecule has 0 fully saturated rings. The smallest absolute Gasteiger partial charge is 0.0134 e. The molecule has 0 unspecified atom stereocenters. The van der Waals surface area contributed by atoms with Gasteiger partial charge in [-0.1, -0.05) is 114 Å². The first-order valence-electron chi connectivity index (χ1n) is 9.71. The molecule has 1 heteroatoms. The van der Waals surface area contributed by atoms with Crippen molar-refractivity contribution in [2.75, 3.05) is 0 Å². The summed E-state index contributed by atoms with van der Waals surface area (Å²) in [5.74, 6) is 0. The van der Waals surface area contributed by atoms with E-state index in [-0.39, 0.29) is 0 Å². The third-order valence-electron chi connectivity index (χ3n) is 5.09. The molecule has 0 saturated heterocycles. The molecule has 0 aliphatic carbocycles. The van der Waals surface area contributed by atoms with E-state index >= 15 is 0 Å². The highest BCUT2D eigenvalue weighted by atomic mass is 31.1. The van der Waals surface area contributed by atoms with Gasteiger partial charge >= 0.3 is 0 Å². The molecular formula is C27H25P. The molecule has 4 aromatic rings. The van der Waals surface area contributed by atoms with Gasteiger partial charge in [0.1, 0.15) is 0 Å². The van der Waals surface area contributed by atoms with E-state index in [1.807, 2.05) is 0 Å². The molecule has 4 rings (SSSR count). The van der Waals surface area contributed by atoms with Crippen LogP contribution < -0.4 is 15.9 Å². The van der Waals surface area contributed by atoms with E-state index in [0.717, 1.165) is 0 Å². The third-order valence-corrected chi connectivity index (χ3v) is 7.54.